The predicted molar refractivity (Wildman–Crippen MR) is 498 cm³/mol. The first kappa shape index (κ1) is 76.4. The Morgan fingerprint density at radius 1 is 0.137 bits per heavy atom. The van der Waals surface area contributed by atoms with E-state index >= 15 is 0 Å². The summed E-state index contributed by atoms with van der Waals surface area (Å²) in [5, 5.41) is 0. The van der Waals surface area contributed by atoms with Gasteiger partial charge in [0.05, 0.1) is 10.8 Å². The third kappa shape index (κ3) is 14.4. The van der Waals surface area contributed by atoms with Crippen molar-refractivity contribution in [3.05, 3.63) is 500 Å². The summed E-state index contributed by atoms with van der Waals surface area (Å²) in [6.07, 6.45) is 0. The molecule has 0 radical (unpaired) electrons. The van der Waals surface area contributed by atoms with Gasteiger partial charge in [0.25, 0.3) is 0 Å². The predicted octanol–water partition coefficient (Wildman–Crippen LogP) is 30.9. The fourth-order valence-corrected chi connectivity index (χ4v) is 19.0. The Balaban J connectivity index is 0.000000106. The minimum atomic E-state index is -0.273. The van der Waals surface area contributed by atoms with Crippen molar-refractivity contribution in [2.75, 3.05) is 0 Å². The molecule has 17 aromatic rings. The van der Waals surface area contributed by atoms with Gasteiger partial charge < -0.3 is 0 Å². The van der Waals surface area contributed by atoms with Crippen LogP contribution in [0.1, 0.15) is 125 Å². The highest BCUT2D eigenvalue weighted by Crippen LogP contribution is 2.63. The summed E-state index contributed by atoms with van der Waals surface area (Å²) >= 11 is 0. The summed E-state index contributed by atoms with van der Waals surface area (Å²) in [5.41, 5.74) is 50.5. The van der Waals surface area contributed by atoms with Crippen molar-refractivity contribution in [2.45, 2.75) is 99.3 Å². The van der Waals surface area contributed by atoms with Crippen LogP contribution in [0, 0.1) is 69.2 Å². The van der Waals surface area contributed by atoms with Crippen LogP contribution in [-0.4, -0.2) is 0 Å². The summed E-state index contributed by atoms with van der Waals surface area (Å²) in [5.74, 6) is 0. The number of hydrogen-bond donors (Lipinski definition) is 0. The summed E-state index contributed by atoms with van der Waals surface area (Å²) in [6.45, 7) is 26.3. The Labute approximate surface area is 694 Å². The van der Waals surface area contributed by atoms with Crippen molar-refractivity contribution in [3.63, 3.8) is 0 Å². The van der Waals surface area contributed by atoms with E-state index < -0.39 is 0 Å². The number of benzene rings is 17. The van der Waals surface area contributed by atoms with Crippen LogP contribution in [0.5, 0.6) is 0 Å². The minimum Gasteiger partial charge on any atom is -0.0622 e. The SMILES string of the molecule is Cc1ccc2c(c1)-c1cc(C)ccc1C2(C)C.Cc1ccc2c(c1)C(c1ccccc1)(c1ccccc1)c1cc(C)ccc1-2.Cc1ccc2c(c1)C1(c3ccccc3-c3ccccc31)c1cc(C)ccc1-2.Cc1cccc(-c2cccc(-c3cccc(-c4cccc(C)c4)c3)c2)c1.Cc1cccc(-c2cccc(-c3cccc(C)c3)c2)c1. The first-order valence-electron chi connectivity index (χ1n) is 41.4. The second kappa shape index (κ2) is 31.8. The molecule has 0 fully saturated rings. The Hall–Kier alpha value is -13.3. The molecule has 568 valence electrons. The lowest BCUT2D eigenvalue weighted by molar-refractivity contribution is 0.660. The number of hydrogen-bond acceptors (Lipinski definition) is 0. The molecule has 1 spiro atoms. The molecule has 0 atom stereocenters. The van der Waals surface area contributed by atoms with E-state index in [1.165, 1.54) is 211 Å². The number of aryl methyl sites for hydroxylation is 10. The zero-order valence-corrected chi connectivity index (χ0v) is 69.5. The zero-order valence-electron chi connectivity index (χ0n) is 69.5. The molecule has 0 saturated heterocycles. The maximum atomic E-state index is 2.41. The van der Waals surface area contributed by atoms with Gasteiger partial charge in [0.1, 0.15) is 0 Å². The lowest BCUT2D eigenvalue weighted by Gasteiger charge is -2.34. The van der Waals surface area contributed by atoms with E-state index in [1.54, 1.807) is 0 Å². The van der Waals surface area contributed by atoms with Crippen molar-refractivity contribution in [3.8, 4) is 100 Å². The van der Waals surface area contributed by atoms with E-state index in [2.05, 4.69) is 471 Å². The molecule has 0 aromatic heterocycles. The van der Waals surface area contributed by atoms with E-state index in [-0.39, 0.29) is 16.2 Å². The molecule has 21 rings (SSSR count). The van der Waals surface area contributed by atoms with E-state index in [9.17, 15) is 0 Å². The molecule has 4 aliphatic carbocycles. The average molecular weight is 1510 g/mol. The summed E-state index contributed by atoms with van der Waals surface area (Å²) in [6, 6.07) is 142. The van der Waals surface area contributed by atoms with Gasteiger partial charge in [-0.25, -0.2) is 0 Å². The standard InChI is InChI=1S/C27H20.C27H22.C26H22.C20H18.C17H18/c1-17-11-13-21-22-14-12-18(2)16-26(22)27(25(21)15-17)23-9-5-3-7-19(23)20-8-4-6-10-24(20)27;1-19-13-15-23-24-16-14-20(2)18-26(24)27(25(23)17-19,21-9-5-3-6-10-21)22-11-7-4-8-12-22;1-19-7-3-9-21(15-19)23-11-5-13-25(17-23)26-14-6-12-24(18-26)22-10-4-8-20(2)16-22;1-15-6-3-8-17(12-15)19-10-5-11-20(14-19)18-9-4-7-16(2)13-18;1-11-5-7-15-13(9-11)14-10-12(2)6-8-16(14)17(15,3)4/h3-16H,1-2H3;3-18H,1-2H3;3-18H,1-2H3;3-14H,1-2H3;5-10H,1-4H3. The molecule has 0 unspecified atom stereocenters. The molecular weight excluding hydrogens is 1410 g/mol. The molecular formula is C117H100. The lowest BCUT2D eigenvalue weighted by Crippen LogP contribution is -2.28. The van der Waals surface area contributed by atoms with Crippen molar-refractivity contribution in [1.82, 2.24) is 0 Å². The summed E-state index contributed by atoms with van der Waals surface area (Å²) in [4.78, 5) is 0. The fourth-order valence-electron chi connectivity index (χ4n) is 19.0. The molecule has 0 heteroatoms. The largest absolute Gasteiger partial charge is 0.0725 e. The van der Waals surface area contributed by atoms with E-state index in [0.717, 1.165) is 0 Å². The van der Waals surface area contributed by atoms with Crippen LogP contribution in [0.4, 0.5) is 0 Å². The van der Waals surface area contributed by atoms with Crippen LogP contribution >= 0.6 is 0 Å². The minimum absolute atomic E-state index is 0.145. The Kier molecular flexibility index (Phi) is 20.8. The topological polar surface area (TPSA) is 0 Å². The van der Waals surface area contributed by atoms with Crippen LogP contribution in [0.25, 0.3) is 100 Å². The molecule has 0 bridgehead atoms. The Morgan fingerprint density at radius 2 is 0.359 bits per heavy atom. The second-order valence-electron chi connectivity index (χ2n) is 33.5. The lowest BCUT2D eigenvalue weighted by atomic mass is 9.67. The molecule has 0 N–H and O–H groups in total. The van der Waals surface area contributed by atoms with Crippen molar-refractivity contribution in [1.29, 1.82) is 0 Å². The van der Waals surface area contributed by atoms with Gasteiger partial charge in [-0.2, -0.15) is 0 Å². The maximum Gasteiger partial charge on any atom is 0.0725 e. The van der Waals surface area contributed by atoms with Gasteiger partial charge in [0.2, 0.25) is 0 Å². The first-order valence-corrected chi connectivity index (χ1v) is 41.4. The van der Waals surface area contributed by atoms with Gasteiger partial charge in [-0.05, 0) is 243 Å². The number of fused-ring (bicyclic) bond motifs is 16. The van der Waals surface area contributed by atoms with Crippen LogP contribution in [-0.2, 0) is 16.2 Å². The van der Waals surface area contributed by atoms with Gasteiger partial charge in [-0.3, -0.25) is 0 Å². The maximum absolute atomic E-state index is 2.41. The third-order valence-electron chi connectivity index (χ3n) is 24.6. The highest BCUT2D eigenvalue weighted by atomic mass is 14.5. The molecule has 4 aliphatic rings. The van der Waals surface area contributed by atoms with Crippen LogP contribution < -0.4 is 0 Å². The Morgan fingerprint density at radius 3 is 0.650 bits per heavy atom. The van der Waals surface area contributed by atoms with Crippen molar-refractivity contribution < 1.29 is 0 Å². The van der Waals surface area contributed by atoms with Gasteiger partial charge in [0.15, 0.2) is 0 Å². The molecule has 0 nitrogen and oxygen atoms in total. The van der Waals surface area contributed by atoms with Crippen LogP contribution in [0.3, 0.4) is 0 Å². The molecule has 0 saturated carbocycles. The average Bonchev–Trinajstić information content (AvgIpc) is 1.51. The third-order valence-corrected chi connectivity index (χ3v) is 24.6. The quantitative estimate of drug-likeness (QED) is 0.149. The molecule has 17 aromatic carbocycles. The fraction of sp³-hybridized carbons (Fsp3) is 0.128. The van der Waals surface area contributed by atoms with Gasteiger partial charge in [-0.15, -0.1) is 0 Å². The van der Waals surface area contributed by atoms with Crippen LogP contribution in [0.2, 0.25) is 0 Å². The van der Waals surface area contributed by atoms with Gasteiger partial charge in [-0.1, -0.05) is 440 Å². The highest BCUT2D eigenvalue weighted by Gasteiger charge is 2.52. The first-order chi connectivity index (χ1) is 56.8. The smallest absolute Gasteiger partial charge is 0.0622 e. The second-order valence-corrected chi connectivity index (χ2v) is 33.5. The molecule has 117 heavy (non-hydrogen) atoms. The molecule has 0 aliphatic heterocycles. The normalized spacial score (nSPS) is 13.0. The summed E-state index contributed by atoms with van der Waals surface area (Å²) in [7, 11) is 0. The Bertz CT molecular complexity index is 6100. The zero-order chi connectivity index (χ0) is 80.7. The number of rotatable bonds is 7. The monoisotopic (exact) mass is 1500 g/mol. The summed E-state index contributed by atoms with van der Waals surface area (Å²) < 4.78 is 0. The highest BCUT2D eigenvalue weighted by molar-refractivity contribution is 5.96. The molecule has 0 heterocycles. The van der Waals surface area contributed by atoms with E-state index in [4.69, 9.17) is 0 Å². The van der Waals surface area contributed by atoms with E-state index in [1.807, 2.05) is 0 Å². The van der Waals surface area contributed by atoms with Gasteiger partial charge >= 0.3 is 0 Å². The van der Waals surface area contributed by atoms with Crippen molar-refractivity contribution >= 4 is 0 Å². The van der Waals surface area contributed by atoms with Gasteiger partial charge in [0, 0.05) is 5.41 Å². The van der Waals surface area contributed by atoms with Crippen LogP contribution in [0.15, 0.2) is 388 Å². The van der Waals surface area contributed by atoms with Crippen molar-refractivity contribution in [2.24, 2.45) is 0 Å². The molecule has 0 amide bonds. The van der Waals surface area contributed by atoms with E-state index in [0.29, 0.717) is 0 Å².